The van der Waals surface area contributed by atoms with Crippen molar-refractivity contribution in [1.82, 2.24) is 0 Å². The molecule has 2 N–H and O–H groups in total. The van der Waals surface area contributed by atoms with Gasteiger partial charge in [0, 0.05) is 10.7 Å². The zero-order chi connectivity index (χ0) is 12.0. The fraction of sp³-hybridized carbons (Fsp3) is 0.364. The number of aliphatic hydroxyl groups is 1. The summed E-state index contributed by atoms with van der Waals surface area (Å²) in [6, 6.07) is 6.14. The van der Waals surface area contributed by atoms with Crippen LogP contribution in [0.15, 0.2) is 24.3 Å². The number of benzene rings is 1. The van der Waals surface area contributed by atoms with Crippen molar-refractivity contribution in [2.45, 2.75) is 13.0 Å². The van der Waals surface area contributed by atoms with Gasteiger partial charge < -0.3 is 15.2 Å². The molecule has 0 amide bonds. The van der Waals surface area contributed by atoms with E-state index in [1.54, 1.807) is 31.2 Å². The van der Waals surface area contributed by atoms with Crippen molar-refractivity contribution >= 4 is 23.3 Å². The first-order valence-electron chi connectivity index (χ1n) is 4.97. The summed E-state index contributed by atoms with van der Waals surface area (Å²) in [7, 11) is 0. The van der Waals surface area contributed by atoms with Crippen molar-refractivity contribution < 1.29 is 14.6 Å². The third-order valence-corrected chi connectivity index (χ3v) is 2.15. The summed E-state index contributed by atoms with van der Waals surface area (Å²) in [6.45, 7) is 1.67. The lowest BCUT2D eigenvalue weighted by molar-refractivity contribution is -0.144. The Balaban J connectivity index is 2.66. The highest BCUT2D eigenvalue weighted by atomic mass is 35.5. The van der Waals surface area contributed by atoms with E-state index in [0.29, 0.717) is 10.7 Å². The molecule has 88 valence electrons. The largest absolute Gasteiger partial charge is 0.464 e. The predicted octanol–water partition coefficient (Wildman–Crippen LogP) is 1.68. The molecule has 16 heavy (non-hydrogen) atoms. The molecule has 0 aliphatic rings. The van der Waals surface area contributed by atoms with Crippen LogP contribution in [0.3, 0.4) is 0 Å². The van der Waals surface area contributed by atoms with Gasteiger partial charge in [0.2, 0.25) is 0 Å². The normalized spacial score (nSPS) is 11.9. The summed E-state index contributed by atoms with van der Waals surface area (Å²) >= 11 is 5.79. The van der Waals surface area contributed by atoms with E-state index >= 15 is 0 Å². The fourth-order valence-corrected chi connectivity index (χ4v) is 1.39. The van der Waals surface area contributed by atoms with Crippen LogP contribution in [0.4, 0.5) is 5.69 Å². The second kappa shape index (κ2) is 6.35. The number of hydrogen-bond donors (Lipinski definition) is 2. The van der Waals surface area contributed by atoms with E-state index in [2.05, 4.69) is 5.32 Å². The zero-order valence-electron chi connectivity index (χ0n) is 8.94. The Morgan fingerprint density at radius 1 is 1.62 bits per heavy atom. The topological polar surface area (TPSA) is 58.6 Å². The summed E-state index contributed by atoms with van der Waals surface area (Å²) in [6.07, 6.45) is 0. The number of carbonyl (C=O) groups excluding carboxylic acids is 1. The second-order valence-electron chi connectivity index (χ2n) is 3.14. The van der Waals surface area contributed by atoms with Crippen molar-refractivity contribution in [1.29, 1.82) is 0 Å². The molecule has 5 heteroatoms. The Morgan fingerprint density at radius 3 is 2.94 bits per heavy atom. The lowest BCUT2D eigenvalue weighted by Crippen LogP contribution is -2.34. The van der Waals surface area contributed by atoms with Crippen LogP contribution in [-0.2, 0) is 9.53 Å². The Kier molecular flexibility index (Phi) is 5.08. The molecule has 0 heterocycles. The van der Waals surface area contributed by atoms with Crippen LogP contribution in [0.5, 0.6) is 0 Å². The number of hydrogen-bond acceptors (Lipinski definition) is 4. The van der Waals surface area contributed by atoms with Crippen LogP contribution in [0.25, 0.3) is 0 Å². The van der Waals surface area contributed by atoms with Gasteiger partial charge in [0.25, 0.3) is 0 Å². The number of esters is 1. The summed E-state index contributed by atoms with van der Waals surface area (Å²) < 4.78 is 4.80. The number of rotatable bonds is 5. The number of anilines is 1. The summed E-state index contributed by atoms with van der Waals surface area (Å²) in [5.41, 5.74) is 0.666. The minimum Gasteiger partial charge on any atom is -0.464 e. The number of halogens is 1. The van der Waals surface area contributed by atoms with E-state index in [-0.39, 0.29) is 13.2 Å². The minimum absolute atomic E-state index is 0.284. The van der Waals surface area contributed by atoms with Gasteiger partial charge >= 0.3 is 5.97 Å². The molecule has 1 aromatic carbocycles. The van der Waals surface area contributed by atoms with Gasteiger partial charge in [-0.15, -0.1) is 0 Å². The Bertz CT molecular complexity index is 357. The molecular weight excluding hydrogens is 230 g/mol. The van der Waals surface area contributed by atoms with Gasteiger partial charge in [-0.25, -0.2) is 4.79 Å². The van der Waals surface area contributed by atoms with Crippen LogP contribution in [0, 0.1) is 0 Å². The molecular formula is C11H14ClNO3. The number of carbonyl (C=O) groups is 1. The monoisotopic (exact) mass is 243 g/mol. The van der Waals surface area contributed by atoms with Crippen molar-refractivity contribution in [3.05, 3.63) is 29.3 Å². The summed E-state index contributed by atoms with van der Waals surface area (Å²) in [5.74, 6) is -0.482. The first-order valence-corrected chi connectivity index (χ1v) is 5.34. The first kappa shape index (κ1) is 12.8. The van der Waals surface area contributed by atoms with Crippen LogP contribution in [0.2, 0.25) is 5.02 Å². The van der Waals surface area contributed by atoms with E-state index < -0.39 is 12.0 Å². The Labute approximate surface area is 99.2 Å². The maximum Gasteiger partial charge on any atom is 0.330 e. The van der Waals surface area contributed by atoms with Gasteiger partial charge in [-0.05, 0) is 25.1 Å². The number of aliphatic hydroxyl groups excluding tert-OH is 1. The fourth-order valence-electron chi connectivity index (χ4n) is 1.20. The van der Waals surface area contributed by atoms with Gasteiger partial charge in [-0.3, -0.25) is 0 Å². The van der Waals surface area contributed by atoms with E-state index in [0.717, 1.165) is 0 Å². The third-order valence-electron chi connectivity index (χ3n) is 1.92. The standard InChI is InChI=1S/C11H14ClNO3/c1-2-16-11(15)10(7-14)13-9-5-3-4-8(12)6-9/h3-6,10,13-14H,2,7H2,1H3. The van der Waals surface area contributed by atoms with Crippen molar-refractivity contribution in [3.8, 4) is 0 Å². The smallest absolute Gasteiger partial charge is 0.330 e. The van der Waals surface area contributed by atoms with Crippen molar-refractivity contribution in [2.24, 2.45) is 0 Å². The van der Waals surface area contributed by atoms with Crippen molar-refractivity contribution in [2.75, 3.05) is 18.5 Å². The average Bonchev–Trinajstić information content (AvgIpc) is 2.26. The minimum atomic E-state index is -0.765. The molecule has 0 aliphatic carbocycles. The highest BCUT2D eigenvalue weighted by molar-refractivity contribution is 6.30. The van der Waals surface area contributed by atoms with Crippen LogP contribution in [-0.4, -0.2) is 30.3 Å². The molecule has 1 aromatic rings. The molecule has 0 saturated carbocycles. The maximum atomic E-state index is 11.4. The van der Waals surface area contributed by atoms with Crippen LogP contribution < -0.4 is 5.32 Å². The highest BCUT2D eigenvalue weighted by Gasteiger charge is 2.18. The van der Waals surface area contributed by atoms with E-state index in [9.17, 15) is 4.79 Å². The van der Waals surface area contributed by atoms with E-state index in [4.69, 9.17) is 21.4 Å². The summed E-state index contributed by atoms with van der Waals surface area (Å²) in [5, 5.41) is 12.5. The van der Waals surface area contributed by atoms with Gasteiger partial charge in [0.15, 0.2) is 0 Å². The predicted molar refractivity (Wildman–Crippen MR) is 62.6 cm³/mol. The third kappa shape index (κ3) is 3.72. The average molecular weight is 244 g/mol. The molecule has 1 atom stereocenters. The molecule has 1 rings (SSSR count). The van der Waals surface area contributed by atoms with E-state index in [1.165, 1.54) is 0 Å². The summed E-state index contributed by atoms with van der Waals surface area (Å²) in [4.78, 5) is 11.4. The molecule has 0 spiro atoms. The second-order valence-corrected chi connectivity index (χ2v) is 3.58. The first-order chi connectivity index (χ1) is 7.67. The Morgan fingerprint density at radius 2 is 2.38 bits per heavy atom. The molecule has 0 aliphatic heterocycles. The van der Waals surface area contributed by atoms with Gasteiger partial charge in [0.1, 0.15) is 6.04 Å². The number of nitrogens with one attached hydrogen (secondary N) is 1. The molecule has 0 fully saturated rings. The van der Waals surface area contributed by atoms with Crippen molar-refractivity contribution in [3.63, 3.8) is 0 Å². The molecule has 4 nitrogen and oxygen atoms in total. The molecule has 1 unspecified atom stereocenters. The number of ether oxygens (including phenoxy) is 1. The molecule has 0 aromatic heterocycles. The van der Waals surface area contributed by atoms with Gasteiger partial charge in [0.05, 0.1) is 13.2 Å². The quantitative estimate of drug-likeness (QED) is 0.773. The lowest BCUT2D eigenvalue weighted by Gasteiger charge is -2.15. The van der Waals surface area contributed by atoms with Crippen LogP contribution >= 0.6 is 11.6 Å². The zero-order valence-corrected chi connectivity index (χ0v) is 9.70. The molecule has 0 bridgehead atoms. The molecule has 0 saturated heterocycles. The highest BCUT2D eigenvalue weighted by Crippen LogP contribution is 2.15. The maximum absolute atomic E-state index is 11.4. The SMILES string of the molecule is CCOC(=O)C(CO)Nc1cccc(Cl)c1. The van der Waals surface area contributed by atoms with Gasteiger partial charge in [-0.1, -0.05) is 17.7 Å². The lowest BCUT2D eigenvalue weighted by atomic mass is 10.2. The van der Waals surface area contributed by atoms with Crippen LogP contribution in [0.1, 0.15) is 6.92 Å². The molecule has 0 radical (unpaired) electrons. The van der Waals surface area contributed by atoms with E-state index in [1.807, 2.05) is 0 Å². The van der Waals surface area contributed by atoms with Gasteiger partial charge in [-0.2, -0.15) is 0 Å². The Hall–Kier alpha value is -1.26.